The maximum Gasteiger partial charge on any atom is 0.225 e. The molecule has 0 amide bonds. The Morgan fingerprint density at radius 2 is 1.70 bits per heavy atom. The molecular weight excluding hydrogens is 293 g/mol. The molecule has 0 aliphatic heterocycles. The van der Waals surface area contributed by atoms with Crippen LogP contribution in [0.15, 0.2) is 12.3 Å². The first-order chi connectivity index (χ1) is 9.72. The molecule has 0 unspecified atom stereocenters. The predicted octanol–water partition coefficient (Wildman–Crippen LogP) is 5.49. The molecule has 0 saturated heterocycles. The van der Waals surface area contributed by atoms with E-state index in [9.17, 15) is 0 Å². The summed E-state index contributed by atoms with van der Waals surface area (Å²) in [4.78, 5) is 8.23. The largest absolute Gasteiger partial charge is 0.332 e. The molecule has 0 radical (unpaired) electrons. The smallest absolute Gasteiger partial charge is 0.225 e. The van der Waals surface area contributed by atoms with Crippen LogP contribution >= 0.6 is 23.2 Å². The van der Waals surface area contributed by atoms with Gasteiger partial charge in [-0.3, -0.25) is 0 Å². The van der Waals surface area contributed by atoms with E-state index in [1.165, 1.54) is 38.5 Å². The van der Waals surface area contributed by atoms with Gasteiger partial charge in [0.1, 0.15) is 10.8 Å². The first kappa shape index (κ1) is 15.6. The van der Waals surface area contributed by atoms with Crippen LogP contribution in [-0.2, 0) is 6.54 Å². The number of aromatic nitrogens is 3. The van der Waals surface area contributed by atoms with E-state index in [1.807, 2.05) is 12.3 Å². The molecule has 0 N–H and O–H groups in total. The quantitative estimate of drug-likeness (QED) is 0.366. The Balaban J connectivity index is 1.84. The van der Waals surface area contributed by atoms with E-state index < -0.39 is 0 Å². The molecule has 110 valence electrons. The van der Waals surface area contributed by atoms with Crippen LogP contribution in [0.3, 0.4) is 0 Å². The zero-order valence-electron chi connectivity index (χ0n) is 11.9. The second-order valence-corrected chi connectivity index (χ2v) is 5.85. The van der Waals surface area contributed by atoms with Crippen LogP contribution in [-0.4, -0.2) is 14.5 Å². The summed E-state index contributed by atoms with van der Waals surface area (Å²) in [5.74, 6) is 0. The summed E-state index contributed by atoms with van der Waals surface area (Å²) in [6.07, 6.45) is 11.1. The van der Waals surface area contributed by atoms with Crippen molar-refractivity contribution < 1.29 is 0 Å². The summed E-state index contributed by atoms with van der Waals surface area (Å²) in [6.45, 7) is 3.20. The van der Waals surface area contributed by atoms with Crippen LogP contribution < -0.4 is 0 Å². The van der Waals surface area contributed by atoms with Crippen LogP contribution in [0.1, 0.15) is 51.9 Å². The van der Waals surface area contributed by atoms with Gasteiger partial charge in [-0.05, 0) is 24.1 Å². The highest BCUT2D eigenvalue weighted by Gasteiger charge is 2.08. The van der Waals surface area contributed by atoms with Crippen LogP contribution in [0.25, 0.3) is 11.0 Å². The second kappa shape index (κ2) is 7.84. The van der Waals surface area contributed by atoms with E-state index in [0.717, 1.165) is 24.0 Å². The van der Waals surface area contributed by atoms with Crippen molar-refractivity contribution >= 4 is 34.2 Å². The van der Waals surface area contributed by atoms with Gasteiger partial charge in [-0.15, -0.1) is 0 Å². The van der Waals surface area contributed by atoms with Crippen molar-refractivity contribution in [3.05, 3.63) is 22.7 Å². The molecule has 0 atom stereocenters. The van der Waals surface area contributed by atoms with Gasteiger partial charge in [-0.25, -0.2) is 4.98 Å². The predicted molar refractivity (Wildman–Crippen MR) is 85.5 cm³/mol. The van der Waals surface area contributed by atoms with Gasteiger partial charge < -0.3 is 4.57 Å². The molecule has 0 bridgehead atoms. The van der Waals surface area contributed by atoms with E-state index >= 15 is 0 Å². The molecule has 0 aliphatic rings. The number of fused-ring (bicyclic) bond motifs is 1. The zero-order valence-corrected chi connectivity index (χ0v) is 13.4. The third kappa shape index (κ3) is 4.10. The monoisotopic (exact) mass is 313 g/mol. The normalized spacial score (nSPS) is 11.3. The number of nitrogens with zero attached hydrogens (tertiary/aromatic N) is 3. The molecule has 0 aromatic carbocycles. The highest BCUT2D eigenvalue weighted by molar-refractivity contribution is 6.35. The van der Waals surface area contributed by atoms with Gasteiger partial charge in [0.15, 0.2) is 0 Å². The van der Waals surface area contributed by atoms with Gasteiger partial charge >= 0.3 is 0 Å². The Morgan fingerprint density at radius 1 is 1.00 bits per heavy atom. The Bertz CT molecular complexity index is 551. The zero-order chi connectivity index (χ0) is 14.4. The van der Waals surface area contributed by atoms with Crippen LogP contribution in [0.4, 0.5) is 0 Å². The maximum absolute atomic E-state index is 6.06. The van der Waals surface area contributed by atoms with Gasteiger partial charge in [0, 0.05) is 12.7 Å². The molecule has 0 spiro atoms. The first-order valence-electron chi connectivity index (χ1n) is 7.40. The Hall–Kier alpha value is -0.800. The summed E-state index contributed by atoms with van der Waals surface area (Å²) in [7, 11) is 0. The average molecular weight is 314 g/mol. The number of hydrogen-bond donors (Lipinski definition) is 0. The molecule has 20 heavy (non-hydrogen) atoms. The number of rotatable bonds is 8. The lowest BCUT2D eigenvalue weighted by Crippen LogP contribution is -1.98. The van der Waals surface area contributed by atoms with E-state index in [2.05, 4.69) is 21.5 Å². The molecule has 2 aromatic heterocycles. The summed E-state index contributed by atoms with van der Waals surface area (Å²) < 4.78 is 2.11. The number of aryl methyl sites for hydroxylation is 1. The molecule has 0 fully saturated rings. The molecule has 0 aliphatic carbocycles. The van der Waals surface area contributed by atoms with E-state index in [4.69, 9.17) is 23.2 Å². The SMILES string of the molecule is CCCCCCCCCn1ccc2c(Cl)nc(Cl)nc21. The van der Waals surface area contributed by atoms with Crippen molar-refractivity contribution in [3.8, 4) is 0 Å². The Kier molecular flexibility index (Phi) is 6.11. The van der Waals surface area contributed by atoms with Gasteiger partial charge in [0.05, 0.1) is 5.39 Å². The maximum atomic E-state index is 6.06. The fraction of sp³-hybridized carbons (Fsp3) is 0.600. The summed E-state index contributed by atoms with van der Waals surface area (Å²) in [5.41, 5.74) is 0.834. The minimum absolute atomic E-state index is 0.210. The third-order valence-electron chi connectivity index (χ3n) is 3.55. The Morgan fingerprint density at radius 3 is 2.45 bits per heavy atom. The molecule has 2 aromatic rings. The molecule has 0 saturated carbocycles. The summed E-state index contributed by atoms with van der Waals surface area (Å²) >= 11 is 11.9. The van der Waals surface area contributed by atoms with E-state index in [-0.39, 0.29) is 5.28 Å². The summed E-state index contributed by atoms with van der Waals surface area (Å²) in [6, 6.07) is 1.95. The van der Waals surface area contributed by atoms with Crippen molar-refractivity contribution in [1.82, 2.24) is 14.5 Å². The van der Waals surface area contributed by atoms with Crippen LogP contribution in [0, 0.1) is 0 Å². The number of hydrogen-bond acceptors (Lipinski definition) is 2. The highest BCUT2D eigenvalue weighted by Crippen LogP contribution is 2.23. The van der Waals surface area contributed by atoms with Crippen molar-refractivity contribution in [2.75, 3.05) is 0 Å². The van der Waals surface area contributed by atoms with Gasteiger partial charge in [-0.2, -0.15) is 4.98 Å². The van der Waals surface area contributed by atoms with Crippen molar-refractivity contribution in [2.45, 2.75) is 58.4 Å². The lowest BCUT2D eigenvalue weighted by atomic mass is 10.1. The first-order valence-corrected chi connectivity index (χ1v) is 8.16. The molecule has 2 rings (SSSR count). The van der Waals surface area contributed by atoms with Crippen molar-refractivity contribution in [1.29, 1.82) is 0 Å². The highest BCUT2D eigenvalue weighted by atomic mass is 35.5. The van der Waals surface area contributed by atoms with Gasteiger partial charge in [0.25, 0.3) is 0 Å². The number of halogens is 2. The lowest BCUT2D eigenvalue weighted by molar-refractivity contribution is 0.555. The average Bonchev–Trinajstić information content (AvgIpc) is 2.81. The van der Waals surface area contributed by atoms with Crippen molar-refractivity contribution in [3.63, 3.8) is 0 Å². The topological polar surface area (TPSA) is 30.7 Å². The fourth-order valence-electron chi connectivity index (χ4n) is 2.42. The lowest BCUT2D eigenvalue weighted by Gasteiger charge is -2.05. The summed E-state index contributed by atoms with van der Waals surface area (Å²) in [5, 5.41) is 1.51. The minimum Gasteiger partial charge on any atom is -0.332 e. The van der Waals surface area contributed by atoms with E-state index in [0.29, 0.717) is 5.15 Å². The molecule has 5 heteroatoms. The van der Waals surface area contributed by atoms with Gasteiger partial charge in [-0.1, -0.05) is 57.0 Å². The van der Waals surface area contributed by atoms with Crippen molar-refractivity contribution in [2.24, 2.45) is 0 Å². The third-order valence-corrected chi connectivity index (χ3v) is 4.00. The Labute approximate surface area is 130 Å². The number of unbranched alkanes of at least 4 members (excludes halogenated alkanes) is 6. The van der Waals surface area contributed by atoms with E-state index in [1.54, 1.807) is 0 Å². The fourth-order valence-corrected chi connectivity index (χ4v) is 2.86. The van der Waals surface area contributed by atoms with Crippen LogP contribution in [0.2, 0.25) is 10.4 Å². The molecule has 2 heterocycles. The van der Waals surface area contributed by atoms with Gasteiger partial charge in [0.2, 0.25) is 5.28 Å². The van der Waals surface area contributed by atoms with Crippen LogP contribution in [0.5, 0.6) is 0 Å². The minimum atomic E-state index is 0.210. The molecular formula is C15H21Cl2N3. The molecule has 3 nitrogen and oxygen atoms in total. The standard InChI is InChI=1S/C15H21Cl2N3/c1-2-3-4-5-6-7-8-10-20-11-9-12-13(16)18-15(17)19-14(12)20/h9,11H,2-8,10H2,1H3. The second-order valence-electron chi connectivity index (χ2n) is 5.15.